The molecule has 6 nitrogen and oxygen atoms in total. The lowest BCUT2D eigenvalue weighted by Crippen LogP contribution is -2.48. The standard InChI is InChI=1S/C22H31N5O/c1-16-15-24-18(3)21(25-16)19-6-5-7-20(14-19)22(28)23-9-8-17(2)27-12-10-26(4)11-13-27/h5-7,14-15,17H,8-13H2,1-4H3,(H,23,28)/t17-/m0/s1. The highest BCUT2D eigenvalue weighted by Gasteiger charge is 2.19. The molecule has 1 aliphatic rings. The molecule has 0 saturated carbocycles. The second kappa shape index (κ2) is 9.26. The molecule has 0 unspecified atom stereocenters. The van der Waals surface area contributed by atoms with E-state index in [1.54, 1.807) is 6.20 Å². The van der Waals surface area contributed by atoms with Crippen LogP contribution in [0.5, 0.6) is 0 Å². The van der Waals surface area contributed by atoms with Crippen LogP contribution in [0.3, 0.4) is 0 Å². The first kappa shape index (κ1) is 20.4. The van der Waals surface area contributed by atoms with E-state index in [1.165, 1.54) is 0 Å². The molecule has 1 aliphatic heterocycles. The molecule has 0 aliphatic carbocycles. The van der Waals surface area contributed by atoms with Gasteiger partial charge in [0, 0.05) is 56.1 Å². The number of piperazine rings is 1. The molecule has 3 rings (SSSR count). The summed E-state index contributed by atoms with van der Waals surface area (Å²) in [4.78, 5) is 26.4. The fourth-order valence-corrected chi connectivity index (χ4v) is 3.56. The van der Waals surface area contributed by atoms with E-state index in [0.717, 1.165) is 55.2 Å². The Kier molecular flexibility index (Phi) is 6.75. The first-order valence-electron chi connectivity index (χ1n) is 10.1. The highest BCUT2D eigenvalue weighted by atomic mass is 16.1. The predicted octanol–water partition coefficient (Wildman–Crippen LogP) is 2.52. The van der Waals surface area contributed by atoms with E-state index < -0.39 is 0 Å². The van der Waals surface area contributed by atoms with Gasteiger partial charge in [-0.3, -0.25) is 14.7 Å². The third-order valence-electron chi connectivity index (χ3n) is 5.48. The SMILES string of the molecule is Cc1cnc(C)c(-c2cccc(C(=O)NCC[C@H](C)N3CCN(C)CC3)c2)n1. The summed E-state index contributed by atoms with van der Waals surface area (Å²) < 4.78 is 0. The summed E-state index contributed by atoms with van der Waals surface area (Å²) in [6.45, 7) is 11.2. The van der Waals surface area contributed by atoms with Gasteiger partial charge < -0.3 is 10.2 Å². The largest absolute Gasteiger partial charge is 0.352 e. The molecule has 1 aromatic heterocycles. The minimum Gasteiger partial charge on any atom is -0.352 e. The lowest BCUT2D eigenvalue weighted by atomic mass is 10.1. The summed E-state index contributed by atoms with van der Waals surface area (Å²) in [6, 6.07) is 8.10. The molecule has 1 aromatic carbocycles. The lowest BCUT2D eigenvalue weighted by molar-refractivity contribution is 0.0935. The summed E-state index contributed by atoms with van der Waals surface area (Å²) in [5, 5.41) is 3.07. The highest BCUT2D eigenvalue weighted by molar-refractivity contribution is 5.95. The van der Waals surface area contributed by atoms with E-state index in [4.69, 9.17) is 0 Å². The van der Waals surface area contributed by atoms with Crippen molar-refractivity contribution in [2.75, 3.05) is 39.8 Å². The topological polar surface area (TPSA) is 61.4 Å². The van der Waals surface area contributed by atoms with E-state index in [2.05, 4.69) is 39.1 Å². The van der Waals surface area contributed by atoms with Crippen molar-refractivity contribution in [3.8, 4) is 11.3 Å². The van der Waals surface area contributed by atoms with Crippen molar-refractivity contribution in [3.05, 3.63) is 47.4 Å². The fraction of sp³-hybridized carbons (Fsp3) is 0.500. The average molecular weight is 382 g/mol. The number of carbonyl (C=O) groups is 1. The second-order valence-electron chi connectivity index (χ2n) is 7.76. The number of aromatic nitrogens is 2. The van der Waals surface area contributed by atoms with Gasteiger partial charge in [0.05, 0.1) is 17.1 Å². The Bertz CT molecular complexity index is 814. The molecular formula is C22H31N5O. The number of hydrogen-bond donors (Lipinski definition) is 1. The molecule has 150 valence electrons. The Balaban J connectivity index is 1.57. The van der Waals surface area contributed by atoms with Crippen LogP contribution in [0.1, 0.15) is 35.1 Å². The summed E-state index contributed by atoms with van der Waals surface area (Å²) in [5.74, 6) is -0.0364. The van der Waals surface area contributed by atoms with E-state index in [9.17, 15) is 4.79 Å². The molecule has 1 amide bonds. The molecule has 2 heterocycles. The fourth-order valence-electron chi connectivity index (χ4n) is 3.56. The normalized spacial score (nSPS) is 16.7. The first-order chi connectivity index (χ1) is 13.4. The van der Waals surface area contributed by atoms with Crippen LogP contribution in [-0.2, 0) is 0 Å². The molecular weight excluding hydrogens is 350 g/mol. The van der Waals surface area contributed by atoms with Gasteiger partial charge in [0.25, 0.3) is 5.91 Å². The van der Waals surface area contributed by atoms with E-state index in [1.807, 2.05) is 38.1 Å². The van der Waals surface area contributed by atoms with Crippen molar-refractivity contribution in [1.29, 1.82) is 0 Å². The summed E-state index contributed by atoms with van der Waals surface area (Å²) in [7, 11) is 2.17. The molecule has 1 fully saturated rings. The number of aryl methyl sites for hydroxylation is 2. The number of hydrogen-bond acceptors (Lipinski definition) is 5. The van der Waals surface area contributed by atoms with Gasteiger partial charge in [-0.05, 0) is 46.4 Å². The molecule has 0 spiro atoms. The molecule has 0 bridgehead atoms. The predicted molar refractivity (Wildman–Crippen MR) is 112 cm³/mol. The smallest absolute Gasteiger partial charge is 0.251 e. The maximum atomic E-state index is 12.6. The zero-order chi connectivity index (χ0) is 20.1. The second-order valence-corrected chi connectivity index (χ2v) is 7.76. The van der Waals surface area contributed by atoms with Gasteiger partial charge in [-0.1, -0.05) is 12.1 Å². The molecule has 2 aromatic rings. The quantitative estimate of drug-likeness (QED) is 0.833. The zero-order valence-corrected chi connectivity index (χ0v) is 17.4. The molecule has 1 atom stereocenters. The van der Waals surface area contributed by atoms with E-state index in [0.29, 0.717) is 18.2 Å². The van der Waals surface area contributed by atoms with Crippen LogP contribution in [0.4, 0.5) is 0 Å². The van der Waals surface area contributed by atoms with Crippen LogP contribution in [0.2, 0.25) is 0 Å². The van der Waals surface area contributed by atoms with Crippen molar-refractivity contribution in [1.82, 2.24) is 25.1 Å². The van der Waals surface area contributed by atoms with Crippen LogP contribution in [0.25, 0.3) is 11.3 Å². The van der Waals surface area contributed by atoms with Gasteiger partial charge in [0.2, 0.25) is 0 Å². The number of rotatable bonds is 6. The van der Waals surface area contributed by atoms with E-state index in [-0.39, 0.29) is 5.91 Å². The summed E-state index contributed by atoms with van der Waals surface area (Å²) >= 11 is 0. The van der Waals surface area contributed by atoms with Gasteiger partial charge in [0.1, 0.15) is 0 Å². The van der Waals surface area contributed by atoms with Crippen LogP contribution in [-0.4, -0.2) is 71.5 Å². The monoisotopic (exact) mass is 381 g/mol. The van der Waals surface area contributed by atoms with Gasteiger partial charge in [-0.15, -0.1) is 0 Å². The third-order valence-corrected chi connectivity index (χ3v) is 5.48. The maximum absolute atomic E-state index is 12.6. The van der Waals surface area contributed by atoms with Crippen molar-refractivity contribution in [3.63, 3.8) is 0 Å². The highest BCUT2D eigenvalue weighted by Crippen LogP contribution is 2.21. The van der Waals surface area contributed by atoms with Crippen molar-refractivity contribution < 1.29 is 4.79 Å². The number of likely N-dealkylation sites (N-methyl/N-ethyl adjacent to an activating group) is 1. The minimum atomic E-state index is -0.0364. The van der Waals surface area contributed by atoms with Gasteiger partial charge in [-0.2, -0.15) is 0 Å². The van der Waals surface area contributed by atoms with Crippen LogP contribution < -0.4 is 5.32 Å². The maximum Gasteiger partial charge on any atom is 0.251 e. The molecule has 0 radical (unpaired) electrons. The van der Waals surface area contributed by atoms with Gasteiger partial charge >= 0.3 is 0 Å². The average Bonchev–Trinajstić information content (AvgIpc) is 2.70. The number of nitrogens with zero attached hydrogens (tertiary/aromatic N) is 4. The van der Waals surface area contributed by atoms with Crippen molar-refractivity contribution >= 4 is 5.91 Å². The Hall–Kier alpha value is -2.31. The van der Waals surface area contributed by atoms with E-state index >= 15 is 0 Å². The Labute approximate surface area is 168 Å². The van der Waals surface area contributed by atoms with Gasteiger partial charge in [0.15, 0.2) is 0 Å². The van der Waals surface area contributed by atoms with Crippen molar-refractivity contribution in [2.45, 2.75) is 33.2 Å². The minimum absolute atomic E-state index is 0.0364. The Morgan fingerprint density at radius 1 is 1.21 bits per heavy atom. The van der Waals surface area contributed by atoms with Crippen LogP contribution in [0.15, 0.2) is 30.5 Å². The first-order valence-corrected chi connectivity index (χ1v) is 10.1. The third kappa shape index (κ3) is 5.14. The number of benzene rings is 1. The number of amides is 1. The van der Waals surface area contributed by atoms with Gasteiger partial charge in [-0.25, -0.2) is 4.98 Å². The van der Waals surface area contributed by atoms with Crippen LogP contribution in [0, 0.1) is 13.8 Å². The molecule has 1 saturated heterocycles. The van der Waals surface area contributed by atoms with Crippen molar-refractivity contribution in [2.24, 2.45) is 0 Å². The Morgan fingerprint density at radius 2 is 1.96 bits per heavy atom. The molecule has 28 heavy (non-hydrogen) atoms. The number of carbonyl (C=O) groups excluding carboxylic acids is 1. The lowest BCUT2D eigenvalue weighted by Gasteiger charge is -2.36. The molecule has 6 heteroatoms. The molecule has 1 N–H and O–H groups in total. The summed E-state index contributed by atoms with van der Waals surface area (Å²) in [5.41, 5.74) is 4.15. The van der Waals surface area contributed by atoms with Crippen LogP contribution >= 0.6 is 0 Å². The zero-order valence-electron chi connectivity index (χ0n) is 17.4. The summed E-state index contributed by atoms with van der Waals surface area (Å²) in [6.07, 6.45) is 2.72. The Morgan fingerprint density at radius 3 is 2.71 bits per heavy atom. The number of nitrogens with one attached hydrogen (secondary N) is 1.